The van der Waals surface area contributed by atoms with Crippen LogP contribution < -0.4 is 20.9 Å². The number of carbonyl (C=O) groups excluding carboxylic acids is 1. The Labute approximate surface area is 101 Å². The van der Waals surface area contributed by atoms with Crippen molar-refractivity contribution in [2.75, 3.05) is 14.2 Å². The van der Waals surface area contributed by atoms with Gasteiger partial charge >= 0.3 is 0 Å². The van der Waals surface area contributed by atoms with Gasteiger partial charge in [0.2, 0.25) is 5.91 Å². The molecular weight excluding hydrogens is 220 g/mol. The van der Waals surface area contributed by atoms with Gasteiger partial charge in [-0.05, 0) is 18.6 Å². The number of amides is 1. The summed E-state index contributed by atoms with van der Waals surface area (Å²) in [5.74, 6) is 0.889. The van der Waals surface area contributed by atoms with Crippen molar-refractivity contribution in [3.8, 4) is 11.5 Å². The lowest BCUT2D eigenvalue weighted by atomic mass is 10.0. The summed E-state index contributed by atoms with van der Waals surface area (Å²) in [5, 5.41) is 0. The first-order valence-corrected chi connectivity index (χ1v) is 5.26. The number of hydrogen-bond acceptors (Lipinski definition) is 4. The van der Waals surface area contributed by atoms with Gasteiger partial charge in [0.05, 0.1) is 20.3 Å². The first-order chi connectivity index (χ1) is 8.01. The lowest BCUT2D eigenvalue weighted by Crippen LogP contribution is -2.38. The molecule has 1 atom stereocenters. The van der Waals surface area contributed by atoms with Crippen LogP contribution >= 0.6 is 0 Å². The fraction of sp³-hybridized carbons (Fsp3) is 0.417. The molecule has 1 amide bonds. The number of methoxy groups -OCH3 is 2. The van der Waals surface area contributed by atoms with E-state index >= 15 is 0 Å². The summed E-state index contributed by atoms with van der Waals surface area (Å²) in [6, 6.07) is 2.94. The fourth-order valence-corrected chi connectivity index (χ4v) is 1.73. The summed E-state index contributed by atoms with van der Waals surface area (Å²) in [6.07, 6.45) is 0.351. The minimum Gasteiger partial charge on any atom is -0.496 e. The Morgan fingerprint density at radius 2 is 2.00 bits per heavy atom. The average Bonchev–Trinajstić information content (AvgIpc) is 2.29. The Balaban J connectivity index is 3.08. The zero-order valence-corrected chi connectivity index (χ0v) is 10.3. The minimum absolute atomic E-state index is 0.351. The molecule has 1 aromatic carbocycles. The van der Waals surface area contributed by atoms with E-state index in [1.165, 1.54) is 0 Å². The predicted molar refractivity (Wildman–Crippen MR) is 65.2 cm³/mol. The highest BCUT2D eigenvalue weighted by Gasteiger charge is 2.16. The Morgan fingerprint density at radius 1 is 1.35 bits per heavy atom. The SMILES string of the molecule is COc1ccc(CC(N)C(N)=O)c(OC)c1C. The van der Waals surface area contributed by atoms with Crippen molar-refractivity contribution >= 4 is 5.91 Å². The van der Waals surface area contributed by atoms with Crippen LogP contribution in [0.25, 0.3) is 0 Å². The Hall–Kier alpha value is -1.75. The molecule has 0 aliphatic carbocycles. The molecule has 0 bridgehead atoms. The van der Waals surface area contributed by atoms with Gasteiger partial charge in [0.1, 0.15) is 11.5 Å². The molecular formula is C12H18N2O3. The standard InChI is InChI=1S/C12H18N2O3/c1-7-10(16-2)5-4-8(11(7)17-3)6-9(13)12(14)15/h4-5,9H,6,13H2,1-3H3,(H2,14,15). The summed E-state index contributed by atoms with van der Waals surface area (Å²) in [5.41, 5.74) is 12.5. The van der Waals surface area contributed by atoms with Crippen molar-refractivity contribution in [2.24, 2.45) is 11.5 Å². The zero-order valence-electron chi connectivity index (χ0n) is 10.3. The molecule has 94 valence electrons. The maximum absolute atomic E-state index is 10.9. The summed E-state index contributed by atoms with van der Waals surface area (Å²) >= 11 is 0. The van der Waals surface area contributed by atoms with Crippen LogP contribution in [-0.4, -0.2) is 26.2 Å². The molecule has 4 N–H and O–H groups in total. The van der Waals surface area contributed by atoms with E-state index in [9.17, 15) is 4.79 Å². The third-order valence-electron chi connectivity index (χ3n) is 2.67. The first-order valence-electron chi connectivity index (χ1n) is 5.26. The quantitative estimate of drug-likeness (QED) is 0.775. The van der Waals surface area contributed by atoms with Crippen LogP contribution in [0.1, 0.15) is 11.1 Å². The smallest absolute Gasteiger partial charge is 0.234 e. The Bertz CT molecular complexity index is 418. The van der Waals surface area contributed by atoms with Gasteiger partial charge in [-0.2, -0.15) is 0 Å². The summed E-state index contributed by atoms with van der Waals surface area (Å²) < 4.78 is 10.5. The molecule has 5 heteroatoms. The molecule has 1 aromatic rings. The number of hydrogen-bond donors (Lipinski definition) is 2. The number of ether oxygens (including phenoxy) is 2. The molecule has 0 saturated carbocycles. The number of nitrogens with two attached hydrogens (primary N) is 2. The normalized spacial score (nSPS) is 12.0. The van der Waals surface area contributed by atoms with Crippen molar-refractivity contribution in [1.82, 2.24) is 0 Å². The molecule has 17 heavy (non-hydrogen) atoms. The minimum atomic E-state index is -0.711. The largest absolute Gasteiger partial charge is 0.496 e. The van der Waals surface area contributed by atoms with Gasteiger partial charge in [-0.25, -0.2) is 0 Å². The number of benzene rings is 1. The van der Waals surface area contributed by atoms with Crippen LogP contribution in [0.3, 0.4) is 0 Å². The highest BCUT2D eigenvalue weighted by molar-refractivity contribution is 5.80. The van der Waals surface area contributed by atoms with E-state index in [1.807, 2.05) is 19.1 Å². The highest BCUT2D eigenvalue weighted by atomic mass is 16.5. The van der Waals surface area contributed by atoms with E-state index in [1.54, 1.807) is 14.2 Å². The van der Waals surface area contributed by atoms with Crippen LogP contribution in [0.15, 0.2) is 12.1 Å². The molecule has 0 heterocycles. The lowest BCUT2D eigenvalue weighted by Gasteiger charge is -2.16. The molecule has 5 nitrogen and oxygen atoms in total. The number of rotatable bonds is 5. The third kappa shape index (κ3) is 2.88. The summed E-state index contributed by atoms with van der Waals surface area (Å²) in [4.78, 5) is 10.9. The lowest BCUT2D eigenvalue weighted by molar-refractivity contribution is -0.119. The van der Waals surface area contributed by atoms with Crippen LogP contribution in [0.2, 0.25) is 0 Å². The van der Waals surface area contributed by atoms with Gasteiger partial charge in [0, 0.05) is 12.0 Å². The van der Waals surface area contributed by atoms with Gasteiger partial charge in [0.25, 0.3) is 0 Å². The molecule has 0 spiro atoms. The van der Waals surface area contributed by atoms with E-state index in [-0.39, 0.29) is 0 Å². The Kier molecular flexibility index (Phi) is 4.34. The van der Waals surface area contributed by atoms with Gasteiger partial charge in [-0.1, -0.05) is 6.07 Å². The molecule has 0 fully saturated rings. The molecule has 1 unspecified atom stereocenters. The molecule has 0 saturated heterocycles. The first kappa shape index (κ1) is 13.3. The molecule has 1 rings (SSSR count). The van der Waals surface area contributed by atoms with E-state index in [0.717, 1.165) is 16.9 Å². The van der Waals surface area contributed by atoms with Crippen LogP contribution in [0.4, 0.5) is 0 Å². The van der Waals surface area contributed by atoms with Gasteiger partial charge in [-0.3, -0.25) is 4.79 Å². The van der Waals surface area contributed by atoms with Crippen molar-refractivity contribution in [3.63, 3.8) is 0 Å². The second kappa shape index (κ2) is 5.54. The predicted octanol–water partition coefficient (Wildman–Crippen LogP) is 0.367. The van der Waals surface area contributed by atoms with E-state index in [2.05, 4.69) is 0 Å². The van der Waals surface area contributed by atoms with E-state index in [4.69, 9.17) is 20.9 Å². The number of carbonyl (C=O) groups is 1. The topological polar surface area (TPSA) is 87.6 Å². The van der Waals surface area contributed by atoms with Crippen LogP contribution in [0.5, 0.6) is 11.5 Å². The third-order valence-corrected chi connectivity index (χ3v) is 2.67. The van der Waals surface area contributed by atoms with Gasteiger partial charge in [-0.15, -0.1) is 0 Å². The molecule has 0 aromatic heterocycles. The monoisotopic (exact) mass is 238 g/mol. The molecule has 0 aliphatic heterocycles. The summed E-state index contributed by atoms with van der Waals surface area (Å²) in [6.45, 7) is 1.89. The summed E-state index contributed by atoms with van der Waals surface area (Å²) in [7, 11) is 3.16. The Morgan fingerprint density at radius 3 is 2.47 bits per heavy atom. The van der Waals surface area contributed by atoms with Crippen molar-refractivity contribution in [2.45, 2.75) is 19.4 Å². The molecule has 0 radical (unpaired) electrons. The van der Waals surface area contributed by atoms with E-state index < -0.39 is 11.9 Å². The van der Waals surface area contributed by atoms with Crippen LogP contribution in [-0.2, 0) is 11.2 Å². The maximum atomic E-state index is 10.9. The van der Waals surface area contributed by atoms with Crippen molar-refractivity contribution < 1.29 is 14.3 Å². The zero-order chi connectivity index (χ0) is 13.0. The highest BCUT2D eigenvalue weighted by Crippen LogP contribution is 2.31. The fourth-order valence-electron chi connectivity index (χ4n) is 1.73. The second-order valence-electron chi connectivity index (χ2n) is 3.80. The number of primary amides is 1. The van der Waals surface area contributed by atoms with Gasteiger partial charge in [0.15, 0.2) is 0 Å². The van der Waals surface area contributed by atoms with E-state index in [0.29, 0.717) is 12.2 Å². The maximum Gasteiger partial charge on any atom is 0.234 e. The van der Waals surface area contributed by atoms with Crippen molar-refractivity contribution in [1.29, 1.82) is 0 Å². The average molecular weight is 238 g/mol. The molecule has 0 aliphatic rings. The van der Waals surface area contributed by atoms with Gasteiger partial charge < -0.3 is 20.9 Å². The second-order valence-corrected chi connectivity index (χ2v) is 3.80. The van der Waals surface area contributed by atoms with Crippen molar-refractivity contribution in [3.05, 3.63) is 23.3 Å². The van der Waals surface area contributed by atoms with Crippen LogP contribution in [0, 0.1) is 6.92 Å².